The molecule has 6 aliphatic rings. The lowest BCUT2D eigenvalue weighted by atomic mass is 9.51. The van der Waals surface area contributed by atoms with Gasteiger partial charge in [-0.25, -0.2) is 9.59 Å². The number of carbonyl (C=O) groups excluding carboxylic acids is 3. The summed E-state index contributed by atoms with van der Waals surface area (Å²) in [5.74, 6) is -4.32. The topological polar surface area (TPSA) is 149 Å². The van der Waals surface area contributed by atoms with Gasteiger partial charge >= 0.3 is 17.9 Å². The highest BCUT2D eigenvalue weighted by Gasteiger charge is 3.03. The van der Waals surface area contributed by atoms with Gasteiger partial charge in [-0.2, -0.15) is 0 Å². The summed E-state index contributed by atoms with van der Waals surface area (Å²) < 4.78 is 22.5. The molecule has 0 amide bonds. The van der Waals surface area contributed by atoms with E-state index >= 15 is 0 Å². The lowest BCUT2D eigenvalue weighted by Gasteiger charge is -2.47. The Bertz CT molecular complexity index is 925. The molecular formula is C20H24O10. The molecule has 30 heavy (non-hydrogen) atoms. The fourth-order valence-electron chi connectivity index (χ4n) is 8.12. The van der Waals surface area contributed by atoms with Gasteiger partial charge in [0.25, 0.3) is 0 Å². The molecule has 0 aromatic heterocycles. The van der Waals surface area contributed by atoms with Gasteiger partial charge in [0.2, 0.25) is 11.9 Å². The van der Waals surface area contributed by atoms with Crippen molar-refractivity contribution in [2.24, 2.45) is 28.1 Å². The van der Waals surface area contributed by atoms with Crippen LogP contribution in [0.1, 0.15) is 34.1 Å². The Morgan fingerprint density at radius 2 is 1.70 bits per heavy atom. The molecule has 4 saturated heterocycles. The Balaban J connectivity index is 1.72. The molecule has 6 fully saturated rings. The lowest BCUT2D eigenvalue weighted by molar-refractivity contribution is -0.239. The number of esters is 3. The van der Waals surface area contributed by atoms with Gasteiger partial charge < -0.3 is 34.3 Å². The first kappa shape index (κ1) is 19.0. The summed E-state index contributed by atoms with van der Waals surface area (Å²) in [6.07, 6.45) is -6.91. The zero-order chi connectivity index (χ0) is 21.8. The quantitative estimate of drug-likeness (QED) is 0.314. The normalized spacial score (nSPS) is 60.1. The average molecular weight is 424 g/mol. The van der Waals surface area contributed by atoms with Crippen molar-refractivity contribution in [1.29, 1.82) is 0 Å². The molecule has 0 aromatic rings. The minimum atomic E-state index is -2.24. The third kappa shape index (κ3) is 1.33. The van der Waals surface area contributed by atoms with Crippen LogP contribution < -0.4 is 0 Å². The molecule has 0 bridgehead atoms. The molecule has 0 radical (unpaired) electrons. The van der Waals surface area contributed by atoms with Crippen molar-refractivity contribution in [3.63, 3.8) is 0 Å². The van der Waals surface area contributed by atoms with Crippen LogP contribution >= 0.6 is 0 Å². The fraction of sp³-hybridized carbons (Fsp3) is 0.850. The van der Waals surface area contributed by atoms with E-state index < -0.39 is 87.9 Å². The Labute approximate surface area is 171 Å². The van der Waals surface area contributed by atoms with Gasteiger partial charge in [0.05, 0.1) is 16.7 Å². The number of carbonyl (C=O) groups is 3. The van der Waals surface area contributed by atoms with Crippen LogP contribution in [0.2, 0.25) is 0 Å². The van der Waals surface area contributed by atoms with Crippen LogP contribution in [0.4, 0.5) is 0 Å². The Morgan fingerprint density at radius 1 is 1.03 bits per heavy atom. The van der Waals surface area contributed by atoms with E-state index in [-0.39, 0.29) is 6.42 Å². The van der Waals surface area contributed by atoms with Crippen LogP contribution in [-0.4, -0.2) is 75.1 Å². The highest BCUT2D eigenvalue weighted by atomic mass is 16.8. The molecule has 164 valence electrons. The van der Waals surface area contributed by atoms with E-state index in [1.807, 2.05) is 20.8 Å². The molecule has 4 heterocycles. The van der Waals surface area contributed by atoms with Crippen LogP contribution in [0.3, 0.4) is 0 Å². The summed E-state index contributed by atoms with van der Waals surface area (Å²) >= 11 is 0. The molecule has 6 rings (SSSR count). The standard InChI is InChI=1S/C20H24O10/c1-6-12(23)28-11-9(21)18-8-5-7(16(2,3)4)17(18)10(22)13(24)29-15(17)30-20(18,14(25)27-8)19(6,11)26/h6-11,15,21-22,26H,5H2,1-4H3/t6?,7-,8?,9-,10-,11-,15-,17?,18-,19+,20+/m0/s1. The summed E-state index contributed by atoms with van der Waals surface area (Å²) in [6.45, 7) is 7.14. The highest BCUT2D eigenvalue weighted by Crippen LogP contribution is 2.84. The van der Waals surface area contributed by atoms with Gasteiger partial charge in [0.15, 0.2) is 17.8 Å². The second-order valence-electron chi connectivity index (χ2n) is 10.7. The van der Waals surface area contributed by atoms with Crippen LogP contribution in [-0.2, 0) is 33.3 Å². The molecule has 0 aromatic carbocycles. The predicted octanol–water partition coefficient (Wildman–Crippen LogP) is -1.37. The summed E-state index contributed by atoms with van der Waals surface area (Å²) in [6, 6.07) is 0. The van der Waals surface area contributed by atoms with E-state index in [1.54, 1.807) is 0 Å². The average Bonchev–Trinajstić information content (AvgIpc) is 3.35. The predicted molar refractivity (Wildman–Crippen MR) is 92.0 cm³/mol. The molecule has 3 N–H and O–H groups in total. The summed E-state index contributed by atoms with van der Waals surface area (Å²) in [7, 11) is 0. The zero-order valence-corrected chi connectivity index (χ0v) is 16.9. The van der Waals surface area contributed by atoms with Crippen LogP contribution in [0.25, 0.3) is 0 Å². The smallest absolute Gasteiger partial charge is 0.343 e. The van der Waals surface area contributed by atoms with Gasteiger partial charge in [-0.15, -0.1) is 0 Å². The fourth-order valence-corrected chi connectivity index (χ4v) is 8.12. The monoisotopic (exact) mass is 424 g/mol. The number of aliphatic hydroxyl groups excluding tert-OH is 2. The van der Waals surface area contributed by atoms with Crippen molar-refractivity contribution in [1.82, 2.24) is 0 Å². The SMILES string of the molecule is CC1C(=O)O[C@H]2[C@H](O)[C@@]34C5C[C@@H](C(C)(C)C)C36[C@@H](OC(=O)[C@@H]6O)O[C@@]4(C(=O)O5)[C@@]12O. The van der Waals surface area contributed by atoms with E-state index in [4.69, 9.17) is 18.9 Å². The highest BCUT2D eigenvalue weighted by molar-refractivity contribution is 5.94. The molecule has 2 aliphatic carbocycles. The molecule has 2 spiro atoms. The number of aliphatic hydroxyl groups is 3. The van der Waals surface area contributed by atoms with Crippen molar-refractivity contribution < 1.29 is 48.7 Å². The largest absolute Gasteiger partial charge is 0.459 e. The Hall–Kier alpha value is -1.75. The summed E-state index contributed by atoms with van der Waals surface area (Å²) in [4.78, 5) is 38.2. The number of hydrogen-bond donors (Lipinski definition) is 3. The van der Waals surface area contributed by atoms with Gasteiger partial charge in [-0.3, -0.25) is 4.79 Å². The minimum Gasteiger partial charge on any atom is -0.459 e. The van der Waals surface area contributed by atoms with Crippen molar-refractivity contribution in [3.05, 3.63) is 0 Å². The van der Waals surface area contributed by atoms with Gasteiger partial charge in [-0.05, 0) is 24.7 Å². The maximum atomic E-state index is 13.4. The van der Waals surface area contributed by atoms with E-state index in [1.165, 1.54) is 6.92 Å². The van der Waals surface area contributed by atoms with Crippen molar-refractivity contribution in [3.8, 4) is 0 Å². The minimum absolute atomic E-state index is 0.229. The number of fused-ring (bicyclic) bond motifs is 1. The van der Waals surface area contributed by atoms with E-state index in [0.717, 1.165) is 0 Å². The third-order valence-electron chi connectivity index (χ3n) is 9.00. The number of ether oxygens (including phenoxy) is 4. The molecule has 10 nitrogen and oxygen atoms in total. The van der Waals surface area contributed by atoms with Crippen molar-refractivity contribution in [2.45, 2.75) is 76.0 Å². The summed E-state index contributed by atoms with van der Waals surface area (Å²) in [5, 5.41) is 34.7. The molecule has 4 aliphatic heterocycles. The van der Waals surface area contributed by atoms with Gasteiger partial charge in [-0.1, -0.05) is 20.8 Å². The lowest BCUT2D eigenvalue weighted by Crippen LogP contribution is -2.67. The zero-order valence-electron chi connectivity index (χ0n) is 16.9. The van der Waals surface area contributed by atoms with Crippen molar-refractivity contribution >= 4 is 17.9 Å². The Morgan fingerprint density at radius 3 is 2.33 bits per heavy atom. The van der Waals surface area contributed by atoms with Gasteiger partial charge in [0, 0.05) is 0 Å². The molecule has 2 saturated carbocycles. The molecule has 10 heteroatoms. The number of hydrogen-bond acceptors (Lipinski definition) is 10. The maximum Gasteiger partial charge on any atom is 0.343 e. The van der Waals surface area contributed by atoms with E-state index in [2.05, 4.69) is 0 Å². The first-order chi connectivity index (χ1) is 13.8. The van der Waals surface area contributed by atoms with Crippen molar-refractivity contribution in [2.75, 3.05) is 0 Å². The van der Waals surface area contributed by atoms with Gasteiger partial charge in [0.1, 0.15) is 12.2 Å². The van der Waals surface area contributed by atoms with Crippen LogP contribution in [0, 0.1) is 28.1 Å². The molecular weight excluding hydrogens is 400 g/mol. The first-order valence-corrected chi connectivity index (χ1v) is 10.2. The third-order valence-corrected chi connectivity index (χ3v) is 9.00. The number of rotatable bonds is 0. The van der Waals surface area contributed by atoms with E-state index in [0.29, 0.717) is 0 Å². The summed E-state index contributed by atoms with van der Waals surface area (Å²) in [5.41, 5.74) is -8.26. The molecule has 11 atom stereocenters. The van der Waals surface area contributed by atoms with Crippen LogP contribution in [0.5, 0.6) is 0 Å². The Kier molecular flexibility index (Phi) is 2.97. The van der Waals surface area contributed by atoms with Crippen LogP contribution in [0.15, 0.2) is 0 Å². The molecule has 3 unspecified atom stereocenters. The second-order valence-corrected chi connectivity index (χ2v) is 10.7. The second kappa shape index (κ2) is 4.69. The first-order valence-electron chi connectivity index (χ1n) is 10.2. The van der Waals surface area contributed by atoms with E-state index in [9.17, 15) is 29.7 Å². The maximum absolute atomic E-state index is 13.4.